The normalized spacial score (nSPS) is 19.4. The number of rotatable bonds is 3. The average molecular weight is 371 g/mol. The number of nitriles is 1. The van der Waals surface area contributed by atoms with Gasteiger partial charge < -0.3 is 24.8 Å². The van der Waals surface area contributed by atoms with Crippen LogP contribution in [0.25, 0.3) is 0 Å². The van der Waals surface area contributed by atoms with Gasteiger partial charge in [-0.1, -0.05) is 0 Å². The zero-order valence-corrected chi connectivity index (χ0v) is 15.3. The Morgan fingerprint density at radius 3 is 2.85 bits per heavy atom. The van der Waals surface area contributed by atoms with E-state index < -0.39 is 6.04 Å². The number of anilines is 1. The molecule has 0 radical (unpaired) electrons. The minimum absolute atomic E-state index is 0.0741. The number of hydrogen-bond acceptors (Lipinski definition) is 5. The van der Waals surface area contributed by atoms with Crippen LogP contribution in [-0.4, -0.2) is 78.4 Å². The van der Waals surface area contributed by atoms with E-state index in [1.807, 2.05) is 13.0 Å². The summed E-state index contributed by atoms with van der Waals surface area (Å²) in [4.78, 5) is 41.4. The van der Waals surface area contributed by atoms with Crippen LogP contribution < -0.4 is 10.1 Å². The predicted octanol–water partition coefficient (Wildman–Crippen LogP) is 0.474. The Hall–Kier alpha value is -3.28. The fraction of sp³-hybridized carbons (Fsp3) is 0.444. The number of carbonyl (C=O) groups is 3. The standard InChI is InChI=1S/C18H21N5O4/c1-3-27-15-5-4-13(8-12(15)9-19)20-18(26)22-6-7-23-14(10-22)17(25)21(2)11-16(23)24/h4-5,8,14H,3,6-7,10-11H2,1-2H3,(H,20,26)/t14-/m0/s1. The number of carbonyl (C=O) groups excluding carboxylic acids is 3. The number of ether oxygens (including phenoxy) is 1. The van der Waals surface area contributed by atoms with Crippen LogP contribution in [0.2, 0.25) is 0 Å². The Labute approximate surface area is 157 Å². The van der Waals surface area contributed by atoms with Crippen LogP contribution in [0.3, 0.4) is 0 Å². The van der Waals surface area contributed by atoms with Crippen molar-refractivity contribution in [3.63, 3.8) is 0 Å². The Balaban J connectivity index is 1.69. The molecule has 9 nitrogen and oxygen atoms in total. The first kappa shape index (κ1) is 18.5. The summed E-state index contributed by atoms with van der Waals surface area (Å²) in [7, 11) is 1.58. The van der Waals surface area contributed by atoms with Gasteiger partial charge >= 0.3 is 6.03 Å². The summed E-state index contributed by atoms with van der Waals surface area (Å²) in [6, 6.07) is 5.85. The maximum Gasteiger partial charge on any atom is 0.321 e. The molecule has 0 aliphatic carbocycles. The molecule has 0 unspecified atom stereocenters. The highest BCUT2D eigenvalue weighted by Gasteiger charge is 2.42. The molecule has 4 amide bonds. The van der Waals surface area contributed by atoms with Crippen LogP contribution in [0.5, 0.6) is 5.75 Å². The number of nitrogens with zero attached hydrogens (tertiary/aromatic N) is 4. The number of urea groups is 1. The van der Waals surface area contributed by atoms with Crippen LogP contribution in [0.15, 0.2) is 18.2 Å². The molecule has 27 heavy (non-hydrogen) atoms. The molecule has 0 saturated carbocycles. The molecule has 3 rings (SSSR count). The van der Waals surface area contributed by atoms with E-state index in [-0.39, 0.29) is 30.9 Å². The van der Waals surface area contributed by atoms with Crippen molar-refractivity contribution in [2.45, 2.75) is 13.0 Å². The zero-order valence-electron chi connectivity index (χ0n) is 15.3. The monoisotopic (exact) mass is 371 g/mol. The van der Waals surface area contributed by atoms with Crippen molar-refractivity contribution in [2.24, 2.45) is 0 Å². The summed E-state index contributed by atoms with van der Waals surface area (Å²) in [5.41, 5.74) is 0.791. The highest BCUT2D eigenvalue weighted by molar-refractivity contribution is 5.96. The molecule has 0 bridgehead atoms. The first-order chi connectivity index (χ1) is 12.9. The van der Waals surface area contributed by atoms with E-state index in [9.17, 15) is 19.6 Å². The number of piperazine rings is 2. The van der Waals surface area contributed by atoms with Gasteiger partial charge in [0.1, 0.15) is 17.9 Å². The lowest BCUT2D eigenvalue weighted by atomic mass is 10.1. The van der Waals surface area contributed by atoms with Crippen molar-refractivity contribution in [1.29, 1.82) is 5.26 Å². The number of amides is 4. The third kappa shape index (κ3) is 3.65. The number of benzene rings is 1. The highest BCUT2D eigenvalue weighted by atomic mass is 16.5. The minimum Gasteiger partial charge on any atom is -0.492 e. The van der Waals surface area contributed by atoms with E-state index in [0.717, 1.165) is 0 Å². The first-order valence-corrected chi connectivity index (χ1v) is 8.72. The molecule has 1 aromatic carbocycles. The molecular formula is C18H21N5O4. The molecule has 2 heterocycles. The van der Waals surface area contributed by atoms with Gasteiger partial charge in [-0.2, -0.15) is 5.26 Å². The van der Waals surface area contributed by atoms with Gasteiger partial charge in [-0.3, -0.25) is 9.59 Å². The third-order valence-corrected chi connectivity index (χ3v) is 4.67. The van der Waals surface area contributed by atoms with E-state index in [1.54, 1.807) is 25.2 Å². The fourth-order valence-electron chi connectivity index (χ4n) is 3.28. The summed E-state index contributed by atoms with van der Waals surface area (Å²) in [6.45, 7) is 3.14. The lowest BCUT2D eigenvalue weighted by Gasteiger charge is -2.45. The number of hydrogen-bond donors (Lipinski definition) is 1. The lowest BCUT2D eigenvalue weighted by Crippen LogP contribution is -2.67. The van der Waals surface area contributed by atoms with Gasteiger partial charge in [-0.25, -0.2) is 4.79 Å². The summed E-state index contributed by atoms with van der Waals surface area (Å²) in [5, 5.41) is 12.0. The number of fused-ring (bicyclic) bond motifs is 1. The van der Waals surface area contributed by atoms with Crippen molar-refractivity contribution in [3.05, 3.63) is 23.8 Å². The fourth-order valence-corrected chi connectivity index (χ4v) is 3.28. The van der Waals surface area contributed by atoms with Crippen molar-refractivity contribution < 1.29 is 19.1 Å². The smallest absolute Gasteiger partial charge is 0.321 e. The maximum absolute atomic E-state index is 12.6. The van der Waals surface area contributed by atoms with Crippen LogP contribution in [0.4, 0.5) is 10.5 Å². The molecule has 0 aromatic heterocycles. The van der Waals surface area contributed by atoms with Crippen LogP contribution in [-0.2, 0) is 9.59 Å². The molecule has 2 fully saturated rings. The van der Waals surface area contributed by atoms with Crippen molar-refractivity contribution in [3.8, 4) is 11.8 Å². The Bertz CT molecular complexity index is 818. The summed E-state index contributed by atoms with van der Waals surface area (Å²) >= 11 is 0. The minimum atomic E-state index is -0.647. The largest absolute Gasteiger partial charge is 0.492 e. The van der Waals surface area contributed by atoms with E-state index in [4.69, 9.17) is 4.74 Å². The van der Waals surface area contributed by atoms with Gasteiger partial charge in [-0.05, 0) is 25.1 Å². The van der Waals surface area contributed by atoms with Crippen LogP contribution in [0, 0.1) is 11.3 Å². The van der Waals surface area contributed by atoms with E-state index >= 15 is 0 Å². The second kappa shape index (κ2) is 7.53. The SMILES string of the molecule is CCOc1ccc(NC(=O)N2CCN3C(=O)CN(C)C(=O)[C@@H]3C2)cc1C#N. The Morgan fingerprint density at radius 2 is 2.15 bits per heavy atom. The quantitative estimate of drug-likeness (QED) is 0.832. The summed E-state index contributed by atoms with van der Waals surface area (Å²) < 4.78 is 5.37. The van der Waals surface area contributed by atoms with Crippen LogP contribution in [0.1, 0.15) is 12.5 Å². The molecule has 2 aliphatic rings. The van der Waals surface area contributed by atoms with Crippen LogP contribution >= 0.6 is 0 Å². The van der Waals surface area contributed by atoms with E-state index in [2.05, 4.69) is 5.32 Å². The van der Waals surface area contributed by atoms with E-state index in [1.165, 1.54) is 14.7 Å². The molecular weight excluding hydrogens is 350 g/mol. The molecule has 2 saturated heterocycles. The van der Waals surface area contributed by atoms with Gasteiger partial charge in [-0.15, -0.1) is 0 Å². The van der Waals surface area contributed by atoms with E-state index in [0.29, 0.717) is 36.7 Å². The molecule has 9 heteroatoms. The summed E-state index contributed by atoms with van der Waals surface area (Å²) in [6.07, 6.45) is 0. The second-order valence-corrected chi connectivity index (χ2v) is 6.43. The number of likely N-dealkylation sites (N-methyl/N-ethyl adjacent to an activating group) is 1. The zero-order chi connectivity index (χ0) is 19.6. The predicted molar refractivity (Wildman–Crippen MR) is 96.1 cm³/mol. The van der Waals surface area contributed by atoms with Gasteiger partial charge in [0, 0.05) is 25.8 Å². The first-order valence-electron chi connectivity index (χ1n) is 8.72. The van der Waals surface area contributed by atoms with Crippen molar-refractivity contribution in [2.75, 3.05) is 45.2 Å². The number of nitrogens with one attached hydrogen (secondary N) is 1. The molecule has 1 N–H and O–H groups in total. The third-order valence-electron chi connectivity index (χ3n) is 4.67. The van der Waals surface area contributed by atoms with Gasteiger partial charge in [0.15, 0.2) is 0 Å². The average Bonchev–Trinajstić information content (AvgIpc) is 2.67. The van der Waals surface area contributed by atoms with Gasteiger partial charge in [0.05, 0.1) is 25.3 Å². The molecule has 1 aromatic rings. The highest BCUT2D eigenvalue weighted by Crippen LogP contribution is 2.23. The molecule has 142 valence electrons. The maximum atomic E-state index is 12.6. The van der Waals surface area contributed by atoms with Crippen molar-refractivity contribution >= 4 is 23.5 Å². The Kier molecular flexibility index (Phi) is 5.16. The molecule has 0 spiro atoms. The molecule has 2 aliphatic heterocycles. The van der Waals surface area contributed by atoms with Gasteiger partial charge in [0.2, 0.25) is 11.8 Å². The lowest BCUT2D eigenvalue weighted by molar-refractivity contribution is -0.157. The topological polar surface area (TPSA) is 106 Å². The second-order valence-electron chi connectivity index (χ2n) is 6.43. The molecule has 1 atom stereocenters. The van der Waals surface area contributed by atoms with Crippen molar-refractivity contribution in [1.82, 2.24) is 14.7 Å². The van der Waals surface area contributed by atoms with Gasteiger partial charge in [0.25, 0.3) is 0 Å². The summed E-state index contributed by atoms with van der Waals surface area (Å²) in [5.74, 6) is 0.188. The Morgan fingerprint density at radius 1 is 1.37 bits per heavy atom.